The van der Waals surface area contributed by atoms with Crippen molar-refractivity contribution in [3.05, 3.63) is 286 Å². The monoisotopic (exact) mass is 1050 g/mol. The topological polar surface area (TPSA) is 33.5 Å². The summed E-state index contributed by atoms with van der Waals surface area (Å²) < 4.78 is 140. The molecule has 12 aromatic rings. The number of nitrogens with zero attached hydrogens (tertiary/aromatic N) is 4. The van der Waals surface area contributed by atoms with Crippen molar-refractivity contribution >= 4 is 44.6 Å². The molecule has 0 amide bonds. The lowest BCUT2D eigenvalue weighted by atomic mass is 9.61. The summed E-state index contributed by atoms with van der Waals surface area (Å²) in [5, 5.41) is 0.701. The van der Waals surface area contributed by atoms with Crippen LogP contribution in [0.2, 0.25) is 0 Å². The number of para-hydroxylation sites is 3. The average Bonchev–Trinajstić information content (AvgIpc) is 1.56. The third kappa shape index (κ3) is 7.33. The molecule has 2 aliphatic carbocycles. The van der Waals surface area contributed by atoms with Gasteiger partial charge in [0.25, 0.3) is 0 Å². The summed E-state index contributed by atoms with van der Waals surface area (Å²) >= 11 is 0. The zero-order chi connectivity index (χ0) is 66.8. The number of ether oxygens (including phenoxy) is 1. The van der Waals surface area contributed by atoms with Crippen LogP contribution in [0, 0.1) is 20.6 Å². The van der Waals surface area contributed by atoms with Crippen molar-refractivity contribution < 1.29 is 25.3 Å². The number of hydrogen-bond donors (Lipinski definition) is 0. The van der Waals surface area contributed by atoms with Gasteiger partial charge in [-0.1, -0.05) is 177 Å². The second kappa shape index (κ2) is 18.1. The Hall–Kier alpha value is -9.45. The van der Waals surface area contributed by atoms with E-state index in [-0.39, 0.29) is 52.2 Å². The molecule has 0 N–H and O–H groups in total. The van der Waals surface area contributed by atoms with Gasteiger partial charge >= 0.3 is 0 Å². The molecule has 1 spiro atoms. The molecule has 5 heteroatoms. The molecule has 1 aliphatic heterocycles. The summed E-state index contributed by atoms with van der Waals surface area (Å²) in [7, 11) is 0. The summed E-state index contributed by atoms with van der Waals surface area (Å²) in [5.74, 6) is 0.901. The van der Waals surface area contributed by atoms with Gasteiger partial charge in [-0.15, -0.1) is 0 Å². The Balaban J connectivity index is 0.935. The minimum absolute atomic E-state index is 0.00257. The number of pyridine rings is 1. The molecule has 0 saturated carbocycles. The third-order valence-electron chi connectivity index (χ3n) is 16.2. The first kappa shape index (κ1) is 34.4. The molecule has 0 fully saturated rings. The number of hydrogen-bond acceptors (Lipinski definition) is 4. The van der Waals surface area contributed by atoms with Gasteiger partial charge < -0.3 is 14.5 Å². The van der Waals surface area contributed by atoms with Crippen molar-refractivity contribution in [2.24, 2.45) is 0 Å². The molecule has 0 atom stereocenters. The van der Waals surface area contributed by atoms with Crippen LogP contribution in [0.15, 0.2) is 231 Å². The van der Waals surface area contributed by atoms with E-state index >= 15 is 0 Å². The van der Waals surface area contributed by atoms with E-state index in [0.29, 0.717) is 50.3 Å². The molecule has 0 unspecified atom stereocenters. The molecular formula is C75H60N4O. The van der Waals surface area contributed by atoms with Gasteiger partial charge in [-0.2, -0.15) is 0 Å². The molecule has 5 nitrogen and oxygen atoms in total. The van der Waals surface area contributed by atoms with Crippen molar-refractivity contribution in [2.75, 3.05) is 16.5 Å². The lowest BCUT2D eigenvalue weighted by molar-refractivity contribution is 0.483. The minimum Gasteiger partial charge on any atom is -0.457 e. The number of aryl methyl sites for hydroxylation is 3. The Morgan fingerprint density at radius 3 is 1.98 bits per heavy atom. The maximum absolute atomic E-state index is 9.76. The van der Waals surface area contributed by atoms with Gasteiger partial charge in [-0.05, 0) is 166 Å². The molecule has 3 aliphatic rings. The van der Waals surface area contributed by atoms with Crippen LogP contribution in [-0.4, -0.2) is 16.2 Å². The fourth-order valence-corrected chi connectivity index (χ4v) is 12.8. The smallest absolute Gasteiger partial charge is 0.137 e. The highest BCUT2D eigenvalue weighted by molar-refractivity contribution is 6.10. The van der Waals surface area contributed by atoms with Crippen molar-refractivity contribution in [1.29, 1.82) is 0 Å². The molecule has 3 heterocycles. The zero-order valence-corrected chi connectivity index (χ0v) is 44.0. The van der Waals surface area contributed by atoms with Crippen molar-refractivity contribution in [2.45, 2.75) is 58.5 Å². The quantitative estimate of drug-likeness (QED) is 0.159. The predicted octanol–water partition coefficient (Wildman–Crippen LogP) is 19.0. The average molecular weight is 1050 g/mol. The molecule has 0 radical (unpaired) electrons. The summed E-state index contributed by atoms with van der Waals surface area (Å²) in [6.45, 7) is -1.33. The number of anilines is 4. The molecule has 10 aromatic carbocycles. The Kier molecular flexibility index (Phi) is 7.77. The van der Waals surface area contributed by atoms with Gasteiger partial charge in [0.15, 0.2) is 0 Å². The van der Waals surface area contributed by atoms with Crippen LogP contribution < -0.4 is 14.5 Å². The zero-order valence-electron chi connectivity index (χ0n) is 59.0. The van der Waals surface area contributed by atoms with Crippen LogP contribution in [0.25, 0.3) is 61.0 Å². The maximum Gasteiger partial charge on any atom is 0.137 e. The maximum atomic E-state index is 9.76. The van der Waals surface area contributed by atoms with E-state index in [4.69, 9.17) is 22.6 Å². The lowest BCUT2D eigenvalue weighted by Gasteiger charge is -2.40. The van der Waals surface area contributed by atoms with Crippen LogP contribution in [0.1, 0.15) is 97.0 Å². The van der Waals surface area contributed by atoms with Gasteiger partial charge in [0, 0.05) is 61.0 Å². The van der Waals surface area contributed by atoms with Crippen LogP contribution >= 0.6 is 0 Å². The minimum atomic E-state index is -2.69. The standard InChI is InChI=1S/C75H60N4O/c1-47-35-36-76-71(40-47)79-67-30-14-10-23-57(67)58-34-33-56(45-70(58)79)80-55-22-17-21-54(44-55)77-46-78(69-32-16-15-31-68(69)77)73-61(52-38-48(2)37-49(3)39-52)42-53(74(4,5)6)43-62(73)59-25-18-29-66-72(59)60-24-9-13-28-65(60)75(66)63-26-11-7-19-50(63)41-51-20-8-12-27-64(51)75/h7-40,42-45H,41,46H2,1-6H3/i1D3,2D3,3D3,10D,14D,23D,30D,41D2. The lowest BCUT2D eigenvalue weighted by Crippen LogP contribution is -2.34. The Labute approximate surface area is 489 Å². The van der Waals surface area contributed by atoms with E-state index in [0.717, 1.165) is 67.1 Å². The Morgan fingerprint density at radius 2 is 1.20 bits per heavy atom. The number of benzene rings is 10. The molecule has 15 rings (SSSR count). The van der Waals surface area contributed by atoms with Crippen molar-refractivity contribution in [3.8, 4) is 50.7 Å². The summed E-state index contributed by atoms with van der Waals surface area (Å²) in [6, 6.07) is 61.1. The summed E-state index contributed by atoms with van der Waals surface area (Å²) in [4.78, 5) is 8.89. The van der Waals surface area contributed by atoms with Gasteiger partial charge in [-0.25, -0.2) is 4.98 Å². The number of aromatic nitrogens is 2. The van der Waals surface area contributed by atoms with Crippen LogP contribution in [0.5, 0.6) is 11.5 Å². The second-order valence-corrected chi connectivity index (χ2v) is 21.9. The molecular weight excluding hydrogens is 973 g/mol. The van der Waals surface area contributed by atoms with Crippen LogP contribution in [-0.2, 0) is 17.2 Å². The first-order valence-electron chi connectivity index (χ1n) is 34.3. The first-order chi connectivity index (χ1) is 45.1. The summed E-state index contributed by atoms with van der Waals surface area (Å²) in [5.41, 5.74) is 12.0. The van der Waals surface area contributed by atoms with E-state index in [1.807, 2.05) is 97.1 Å². The van der Waals surface area contributed by atoms with E-state index < -0.39 is 49.8 Å². The van der Waals surface area contributed by atoms with Gasteiger partial charge in [-0.3, -0.25) is 4.57 Å². The van der Waals surface area contributed by atoms with E-state index in [2.05, 4.69) is 90.2 Å². The molecule has 2 aromatic heterocycles. The number of rotatable bonds is 7. The normalized spacial score (nSPS) is 17.7. The fraction of sp³-hybridized carbons (Fsp3) is 0.133. The summed E-state index contributed by atoms with van der Waals surface area (Å²) in [6.07, 6.45) is -0.465. The predicted molar refractivity (Wildman–Crippen MR) is 331 cm³/mol. The third-order valence-corrected chi connectivity index (χ3v) is 16.2. The fourth-order valence-electron chi connectivity index (χ4n) is 12.8. The largest absolute Gasteiger partial charge is 0.457 e. The molecule has 0 saturated heterocycles. The molecule has 386 valence electrons. The number of fused-ring (bicyclic) bond motifs is 13. The second-order valence-electron chi connectivity index (χ2n) is 21.9. The van der Waals surface area contributed by atoms with Crippen LogP contribution in [0.4, 0.5) is 22.7 Å². The van der Waals surface area contributed by atoms with E-state index in [1.54, 1.807) is 34.9 Å². The van der Waals surface area contributed by atoms with Crippen LogP contribution in [0.3, 0.4) is 0 Å². The molecule has 0 bridgehead atoms. The first-order valence-corrected chi connectivity index (χ1v) is 26.8. The Morgan fingerprint density at radius 1 is 0.537 bits per heavy atom. The Bertz CT molecular complexity index is 5130. The molecule has 80 heavy (non-hydrogen) atoms. The van der Waals surface area contributed by atoms with Gasteiger partial charge in [0.2, 0.25) is 0 Å². The highest BCUT2D eigenvalue weighted by Crippen LogP contribution is 2.62. The van der Waals surface area contributed by atoms with E-state index in [1.165, 1.54) is 24.4 Å². The van der Waals surface area contributed by atoms with Gasteiger partial charge in [0.05, 0.1) is 39.0 Å². The van der Waals surface area contributed by atoms with Crippen molar-refractivity contribution in [1.82, 2.24) is 9.55 Å². The SMILES string of the molecule is [2H]c1c([2H])c([2H])c2c(c1[2H])c1ccc(Oc3cccc(N4CN(c5c(-c6cc(C([2H])([2H])[2H])cc(C([2H])([2H])[2H])c6)cc(C(C)(C)C)cc5-c5cccc6c5-c5ccccc5C65c6ccccc6C([2H])([2H])c6ccccc65)c5ccccc54)c3)cc1n2-c1cc(C([2H])([2H])[2H])ccn1. The highest BCUT2D eigenvalue weighted by Gasteiger charge is 2.50. The highest BCUT2D eigenvalue weighted by atomic mass is 16.5. The van der Waals surface area contributed by atoms with Gasteiger partial charge in [0.1, 0.15) is 24.0 Å². The van der Waals surface area contributed by atoms with Crippen molar-refractivity contribution in [3.63, 3.8) is 0 Å². The van der Waals surface area contributed by atoms with E-state index in [9.17, 15) is 2.74 Å².